The lowest BCUT2D eigenvalue weighted by atomic mass is 10.0. The Kier molecular flexibility index (Phi) is 5.39. The zero-order valence-corrected chi connectivity index (χ0v) is 18.2. The van der Waals surface area contributed by atoms with Crippen LogP contribution in [0.4, 0.5) is 4.39 Å². The van der Waals surface area contributed by atoms with E-state index < -0.39 is 17.5 Å². The van der Waals surface area contributed by atoms with Gasteiger partial charge in [-0.1, -0.05) is 11.6 Å². The van der Waals surface area contributed by atoms with Crippen molar-refractivity contribution >= 4 is 28.5 Å². The summed E-state index contributed by atoms with van der Waals surface area (Å²) in [5.41, 5.74) is 0.797. The number of hydrogen-bond donors (Lipinski definition) is 1. The van der Waals surface area contributed by atoms with E-state index in [-0.39, 0.29) is 23.0 Å². The summed E-state index contributed by atoms with van der Waals surface area (Å²) < 4.78 is 24.8. The Morgan fingerprint density at radius 2 is 1.91 bits per heavy atom. The second kappa shape index (κ2) is 8.22. The van der Waals surface area contributed by atoms with Crippen molar-refractivity contribution in [2.24, 2.45) is 0 Å². The fourth-order valence-corrected chi connectivity index (χ4v) is 5.02. The Morgan fingerprint density at radius 3 is 2.62 bits per heavy atom. The summed E-state index contributed by atoms with van der Waals surface area (Å²) in [5, 5.41) is 4.19. The molecule has 2 bridgehead atoms. The molecule has 3 atom stereocenters. The number of halogens is 2. The highest BCUT2D eigenvalue weighted by atomic mass is 35.5. The maximum absolute atomic E-state index is 13.5. The van der Waals surface area contributed by atoms with Gasteiger partial charge in [-0.3, -0.25) is 4.79 Å². The van der Waals surface area contributed by atoms with Gasteiger partial charge in [-0.25, -0.2) is 9.18 Å². The maximum Gasteiger partial charge on any atom is 0.336 e. The molecule has 0 aliphatic carbocycles. The highest BCUT2D eigenvalue weighted by molar-refractivity contribution is 6.33. The van der Waals surface area contributed by atoms with Crippen LogP contribution in [0.15, 0.2) is 51.7 Å². The second-order valence-electron chi connectivity index (χ2n) is 8.31. The van der Waals surface area contributed by atoms with Gasteiger partial charge in [-0.2, -0.15) is 0 Å². The van der Waals surface area contributed by atoms with Crippen LogP contribution in [0.1, 0.15) is 19.8 Å². The van der Waals surface area contributed by atoms with Crippen molar-refractivity contribution in [2.45, 2.75) is 38.0 Å². The number of hydrogen-bond acceptors (Lipinski definition) is 5. The Bertz CT molecular complexity index is 1240. The molecule has 1 N–H and O–H groups in total. The molecule has 6 nitrogen and oxygen atoms in total. The van der Waals surface area contributed by atoms with E-state index in [1.54, 1.807) is 25.1 Å². The van der Waals surface area contributed by atoms with E-state index in [2.05, 4.69) is 5.32 Å². The lowest BCUT2D eigenvalue weighted by Crippen LogP contribution is -2.57. The van der Waals surface area contributed by atoms with E-state index in [1.807, 2.05) is 4.90 Å². The largest absolute Gasteiger partial charge is 0.481 e. The molecule has 32 heavy (non-hydrogen) atoms. The van der Waals surface area contributed by atoms with Gasteiger partial charge in [0.1, 0.15) is 17.1 Å². The molecular weight excluding hydrogens is 435 g/mol. The molecule has 3 heterocycles. The number of carbonyl (C=O) groups excluding carboxylic acids is 1. The summed E-state index contributed by atoms with van der Waals surface area (Å²) in [6.07, 6.45) is 1.34. The standard InChI is InChI=1S/C24H22ClFN2O4/c1-13(24(30)28-15-3-4-16(28)12-27-11-15)31-17-5-7-19-20(10-23(29)32-22(19)9-17)18-6-2-14(26)8-21(18)25/h2,5-10,13,15-16,27H,3-4,11-12H2,1H3/t13-,15?,16?/m1/s1. The highest BCUT2D eigenvalue weighted by Crippen LogP contribution is 2.34. The van der Waals surface area contributed by atoms with E-state index >= 15 is 0 Å². The van der Waals surface area contributed by atoms with Crippen molar-refractivity contribution in [3.05, 3.63) is 63.7 Å². The van der Waals surface area contributed by atoms with E-state index in [4.69, 9.17) is 20.8 Å². The quantitative estimate of drug-likeness (QED) is 0.601. The molecule has 2 aliphatic rings. The van der Waals surface area contributed by atoms with E-state index in [9.17, 15) is 14.0 Å². The molecule has 166 valence electrons. The van der Waals surface area contributed by atoms with Crippen LogP contribution in [0.5, 0.6) is 5.75 Å². The molecule has 3 aromatic rings. The minimum Gasteiger partial charge on any atom is -0.481 e. The number of nitrogens with one attached hydrogen (secondary N) is 1. The van der Waals surface area contributed by atoms with Crippen LogP contribution in [0, 0.1) is 5.82 Å². The van der Waals surface area contributed by atoms with Gasteiger partial charge in [0, 0.05) is 53.8 Å². The molecule has 1 amide bonds. The van der Waals surface area contributed by atoms with Crippen molar-refractivity contribution < 1.29 is 18.3 Å². The van der Waals surface area contributed by atoms with Gasteiger partial charge in [0.05, 0.1) is 5.02 Å². The average Bonchev–Trinajstić information content (AvgIpc) is 3.00. The van der Waals surface area contributed by atoms with Gasteiger partial charge in [-0.15, -0.1) is 0 Å². The lowest BCUT2D eigenvalue weighted by Gasteiger charge is -2.36. The van der Waals surface area contributed by atoms with Gasteiger partial charge >= 0.3 is 5.63 Å². The Morgan fingerprint density at radius 1 is 1.16 bits per heavy atom. The van der Waals surface area contributed by atoms with E-state index in [1.165, 1.54) is 24.3 Å². The minimum atomic E-state index is -0.671. The summed E-state index contributed by atoms with van der Waals surface area (Å²) >= 11 is 6.21. The number of fused-ring (bicyclic) bond motifs is 3. The van der Waals surface area contributed by atoms with Crippen molar-refractivity contribution in [2.75, 3.05) is 13.1 Å². The van der Waals surface area contributed by atoms with Gasteiger partial charge in [0.2, 0.25) is 0 Å². The molecule has 2 aliphatic heterocycles. The van der Waals surface area contributed by atoms with Crippen molar-refractivity contribution in [1.82, 2.24) is 10.2 Å². The maximum atomic E-state index is 13.5. The zero-order valence-electron chi connectivity index (χ0n) is 17.4. The SMILES string of the molecule is C[C@@H](Oc1ccc2c(-c3ccc(F)cc3Cl)cc(=O)oc2c1)C(=O)N1C2CCC1CNC2. The van der Waals surface area contributed by atoms with Gasteiger partial charge in [0.25, 0.3) is 5.91 Å². The average molecular weight is 457 g/mol. The van der Waals surface area contributed by atoms with Crippen LogP contribution >= 0.6 is 11.6 Å². The zero-order chi connectivity index (χ0) is 22.4. The Balaban J connectivity index is 1.44. The number of nitrogens with zero attached hydrogens (tertiary/aromatic N) is 1. The third kappa shape index (κ3) is 3.76. The Hall–Kier alpha value is -2.90. The van der Waals surface area contributed by atoms with Crippen LogP contribution in [-0.4, -0.2) is 42.1 Å². The normalized spacial score (nSPS) is 21.0. The van der Waals surface area contributed by atoms with Gasteiger partial charge in [-0.05, 0) is 50.1 Å². The molecule has 8 heteroatoms. The summed E-state index contributed by atoms with van der Waals surface area (Å²) in [7, 11) is 0. The molecule has 2 fully saturated rings. The molecular formula is C24H22ClFN2O4. The monoisotopic (exact) mass is 456 g/mol. The highest BCUT2D eigenvalue weighted by Gasteiger charge is 2.41. The fraction of sp³-hybridized carbons (Fsp3) is 0.333. The van der Waals surface area contributed by atoms with Crippen LogP contribution in [-0.2, 0) is 4.79 Å². The minimum absolute atomic E-state index is 0.0348. The molecule has 0 saturated carbocycles. The molecule has 2 saturated heterocycles. The topological polar surface area (TPSA) is 71.8 Å². The number of piperazine rings is 1. The summed E-state index contributed by atoms with van der Waals surface area (Å²) in [6, 6.07) is 10.8. The van der Waals surface area contributed by atoms with Crippen LogP contribution in [0.25, 0.3) is 22.1 Å². The first kappa shape index (κ1) is 21.0. The van der Waals surface area contributed by atoms with Crippen molar-refractivity contribution in [3.8, 4) is 16.9 Å². The second-order valence-corrected chi connectivity index (χ2v) is 8.72. The summed E-state index contributed by atoms with van der Waals surface area (Å²) in [6.45, 7) is 3.36. The number of amides is 1. The smallest absolute Gasteiger partial charge is 0.336 e. The van der Waals surface area contributed by atoms with Gasteiger partial charge < -0.3 is 19.4 Å². The third-order valence-electron chi connectivity index (χ3n) is 6.23. The third-order valence-corrected chi connectivity index (χ3v) is 6.54. The van der Waals surface area contributed by atoms with Crippen LogP contribution in [0.3, 0.4) is 0 Å². The number of carbonyl (C=O) groups is 1. The number of rotatable bonds is 4. The first-order valence-corrected chi connectivity index (χ1v) is 11.0. The molecule has 0 radical (unpaired) electrons. The predicted octanol–water partition coefficient (Wildman–Crippen LogP) is 3.98. The molecule has 5 rings (SSSR count). The van der Waals surface area contributed by atoms with Crippen molar-refractivity contribution in [3.63, 3.8) is 0 Å². The first-order valence-electron chi connectivity index (χ1n) is 10.6. The van der Waals surface area contributed by atoms with Gasteiger partial charge in [0.15, 0.2) is 6.10 Å². The number of benzene rings is 2. The van der Waals surface area contributed by atoms with E-state index in [0.717, 1.165) is 25.9 Å². The van der Waals surface area contributed by atoms with Crippen LogP contribution < -0.4 is 15.7 Å². The summed E-state index contributed by atoms with van der Waals surface area (Å²) in [5.74, 6) is -0.0722. The van der Waals surface area contributed by atoms with E-state index in [0.29, 0.717) is 27.8 Å². The fourth-order valence-electron chi connectivity index (χ4n) is 4.75. The Labute approximate surface area is 188 Å². The van der Waals surface area contributed by atoms with Crippen molar-refractivity contribution in [1.29, 1.82) is 0 Å². The molecule has 2 aromatic carbocycles. The summed E-state index contributed by atoms with van der Waals surface area (Å²) in [4.78, 5) is 27.2. The predicted molar refractivity (Wildman–Crippen MR) is 120 cm³/mol. The molecule has 1 aromatic heterocycles. The molecule has 2 unspecified atom stereocenters. The number of ether oxygens (including phenoxy) is 1. The first-order chi connectivity index (χ1) is 15.4. The van der Waals surface area contributed by atoms with Crippen LogP contribution in [0.2, 0.25) is 5.02 Å². The lowest BCUT2D eigenvalue weighted by molar-refractivity contribution is -0.141. The molecule has 0 spiro atoms.